The molecule has 0 bridgehead atoms. The largest absolute Gasteiger partial charge is 0.396 e. The number of anilines is 2. The highest BCUT2D eigenvalue weighted by Crippen LogP contribution is 2.44. The van der Waals surface area contributed by atoms with Crippen LogP contribution in [0.15, 0.2) is 24.3 Å². The number of fused-ring (bicyclic) bond motifs is 2. The number of aliphatic hydroxyl groups is 1. The molecule has 4 heterocycles. The lowest BCUT2D eigenvalue weighted by Crippen LogP contribution is -2.39. The molecule has 10 nitrogen and oxygen atoms in total. The van der Waals surface area contributed by atoms with Crippen LogP contribution < -0.4 is 10.6 Å². The van der Waals surface area contributed by atoms with Gasteiger partial charge >= 0.3 is 0 Å². The Balaban J connectivity index is 1.30. The van der Waals surface area contributed by atoms with Gasteiger partial charge in [0.2, 0.25) is 5.95 Å². The van der Waals surface area contributed by atoms with Crippen molar-refractivity contribution in [1.82, 2.24) is 19.9 Å². The van der Waals surface area contributed by atoms with E-state index in [0.29, 0.717) is 5.95 Å². The summed E-state index contributed by atoms with van der Waals surface area (Å²) in [4.78, 5) is 17.1. The third-order valence-electron chi connectivity index (χ3n) is 7.55. The second-order valence-electron chi connectivity index (χ2n) is 10.7. The molecule has 0 amide bonds. The smallest absolute Gasteiger partial charge is 0.224 e. The third kappa shape index (κ3) is 5.23. The van der Waals surface area contributed by atoms with Crippen molar-refractivity contribution in [2.24, 2.45) is 5.92 Å². The molecule has 3 aliphatic rings. The number of ether oxygens (including phenoxy) is 3. The van der Waals surface area contributed by atoms with Crippen LogP contribution in [0.2, 0.25) is 0 Å². The van der Waals surface area contributed by atoms with E-state index in [1.807, 2.05) is 39.0 Å². The zero-order chi connectivity index (χ0) is 26.3. The molecule has 1 saturated carbocycles. The van der Waals surface area contributed by atoms with Crippen LogP contribution in [0.4, 0.5) is 11.8 Å². The zero-order valence-corrected chi connectivity index (χ0v) is 23.0. The molecule has 38 heavy (non-hydrogen) atoms. The third-order valence-corrected chi connectivity index (χ3v) is 8.60. The normalized spacial score (nSPS) is 27.1. The fourth-order valence-corrected chi connectivity index (χ4v) is 6.79. The molecule has 11 heteroatoms. The number of thiazole rings is 1. The average molecular weight is 541 g/mol. The number of aryl methyl sites for hydroxylation is 1. The number of benzene rings is 1. The molecule has 204 valence electrons. The zero-order valence-electron chi connectivity index (χ0n) is 22.1. The summed E-state index contributed by atoms with van der Waals surface area (Å²) in [5, 5.41) is 18.0. The highest BCUT2D eigenvalue weighted by Gasteiger charge is 2.54. The molecule has 3 aromatic rings. The maximum atomic E-state index is 10.1. The van der Waals surface area contributed by atoms with Gasteiger partial charge in [0.15, 0.2) is 5.79 Å². The lowest BCUT2D eigenvalue weighted by molar-refractivity contribution is -0.158. The summed E-state index contributed by atoms with van der Waals surface area (Å²) >= 11 is 1.64. The summed E-state index contributed by atoms with van der Waals surface area (Å²) < 4.78 is 19.0. The fourth-order valence-electron chi connectivity index (χ4n) is 5.72. The van der Waals surface area contributed by atoms with Gasteiger partial charge in [0, 0.05) is 38.7 Å². The molecular formula is C27H36N6O4S. The van der Waals surface area contributed by atoms with Crippen LogP contribution in [-0.4, -0.2) is 95.0 Å². The minimum Gasteiger partial charge on any atom is -0.396 e. The van der Waals surface area contributed by atoms with Gasteiger partial charge in [0.25, 0.3) is 0 Å². The molecule has 1 aliphatic carbocycles. The minimum absolute atomic E-state index is 0.000715. The Kier molecular flexibility index (Phi) is 7.23. The molecule has 2 aliphatic heterocycles. The number of morpholine rings is 1. The van der Waals surface area contributed by atoms with Crippen LogP contribution in [0.3, 0.4) is 0 Å². The van der Waals surface area contributed by atoms with E-state index in [1.54, 1.807) is 11.3 Å². The first-order valence-electron chi connectivity index (χ1n) is 13.4. The lowest BCUT2D eigenvalue weighted by Gasteiger charge is -2.26. The van der Waals surface area contributed by atoms with Crippen molar-refractivity contribution in [2.75, 3.05) is 56.6 Å². The van der Waals surface area contributed by atoms with Gasteiger partial charge in [-0.25, -0.2) is 9.97 Å². The van der Waals surface area contributed by atoms with Gasteiger partial charge in [-0.05, 0) is 39.3 Å². The van der Waals surface area contributed by atoms with Gasteiger partial charge in [-0.2, -0.15) is 4.98 Å². The molecule has 3 fully saturated rings. The number of rotatable bonds is 8. The average Bonchev–Trinajstić information content (AvgIpc) is 3.55. The first-order valence-corrected chi connectivity index (χ1v) is 14.2. The number of hydrogen-bond donors (Lipinski definition) is 3. The fraction of sp³-hybridized carbons (Fsp3) is 0.593. The van der Waals surface area contributed by atoms with Crippen molar-refractivity contribution in [3.05, 3.63) is 30.0 Å². The van der Waals surface area contributed by atoms with E-state index >= 15 is 0 Å². The number of aromatic nitrogens is 3. The number of nitrogens with one attached hydrogen (secondary N) is 2. The minimum atomic E-state index is -0.688. The van der Waals surface area contributed by atoms with Gasteiger partial charge in [0.05, 0.1) is 46.8 Å². The molecule has 0 spiro atoms. The number of aliphatic hydroxyl groups excluding tert-OH is 1. The van der Waals surface area contributed by atoms with Gasteiger partial charge in [-0.15, -0.1) is 11.3 Å². The van der Waals surface area contributed by atoms with Gasteiger partial charge in [-0.3, -0.25) is 4.90 Å². The molecule has 4 atom stereocenters. The van der Waals surface area contributed by atoms with Gasteiger partial charge in [-0.1, -0.05) is 12.1 Å². The molecular weight excluding hydrogens is 504 g/mol. The Morgan fingerprint density at radius 3 is 2.68 bits per heavy atom. The number of nitrogens with zero attached hydrogens (tertiary/aromatic N) is 4. The van der Waals surface area contributed by atoms with Gasteiger partial charge < -0.3 is 30.0 Å². The van der Waals surface area contributed by atoms with Crippen LogP contribution in [0.5, 0.6) is 0 Å². The van der Waals surface area contributed by atoms with Crippen molar-refractivity contribution in [3.63, 3.8) is 0 Å². The highest BCUT2D eigenvalue weighted by atomic mass is 32.1. The quantitative estimate of drug-likeness (QED) is 0.394. The van der Waals surface area contributed by atoms with Crippen LogP contribution in [0, 0.1) is 12.8 Å². The number of para-hydroxylation sites is 1. The Morgan fingerprint density at radius 1 is 1.11 bits per heavy atom. The van der Waals surface area contributed by atoms with Crippen LogP contribution in [0.1, 0.15) is 26.0 Å². The summed E-state index contributed by atoms with van der Waals surface area (Å²) in [7, 11) is 0. The predicted octanol–water partition coefficient (Wildman–Crippen LogP) is 3.12. The molecule has 3 N–H and O–H groups in total. The van der Waals surface area contributed by atoms with E-state index in [4.69, 9.17) is 29.2 Å². The van der Waals surface area contributed by atoms with Gasteiger partial charge in [0.1, 0.15) is 16.9 Å². The second-order valence-corrected chi connectivity index (χ2v) is 11.7. The second kappa shape index (κ2) is 10.6. The molecule has 2 aromatic heterocycles. The summed E-state index contributed by atoms with van der Waals surface area (Å²) in [6.07, 6.45) is 0.384. The summed E-state index contributed by atoms with van der Waals surface area (Å²) in [5.41, 5.74) is 2.71. The van der Waals surface area contributed by atoms with E-state index < -0.39 is 5.79 Å². The van der Waals surface area contributed by atoms with Crippen LogP contribution >= 0.6 is 11.3 Å². The molecule has 0 radical (unpaired) electrons. The lowest BCUT2D eigenvalue weighted by atomic mass is 10.1. The predicted molar refractivity (Wildman–Crippen MR) is 148 cm³/mol. The first kappa shape index (κ1) is 25.8. The van der Waals surface area contributed by atoms with E-state index in [2.05, 4.69) is 21.6 Å². The monoisotopic (exact) mass is 540 g/mol. The van der Waals surface area contributed by atoms with Crippen molar-refractivity contribution in [2.45, 2.75) is 51.2 Å². The Hall–Kier alpha value is -2.41. The summed E-state index contributed by atoms with van der Waals surface area (Å²) in [6, 6.07) is 8.08. The molecule has 1 aromatic carbocycles. The Morgan fingerprint density at radius 2 is 1.89 bits per heavy atom. The molecule has 6 rings (SSSR count). The number of hydrogen-bond acceptors (Lipinski definition) is 11. The van der Waals surface area contributed by atoms with Crippen molar-refractivity contribution in [3.8, 4) is 10.6 Å². The maximum absolute atomic E-state index is 10.1. The molecule has 1 unspecified atom stereocenters. The van der Waals surface area contributed by atoms with E-state index in [9.17, 15) is 5.11 Å². The first-order chi connectivity index (χ1) is 18.4. The standard InChI is InChI=1S/C27H36N6O4S/c1-16-21(25-31-18-6-4-5-7-20(18)38-25)24(32-26(29-16)28-8-9-33-10-12-35-13-11-33)30-19-14-17(15-34)22-23(19)37-27(2,3)36-22/h4-7,17,19,22-23,34H,8-15H2,1-3H3,(H2,28,29,30,32)/t17-,19?,22-,23+/m1/s1. The van der Waals surface area contributed by atoms with Crippen molar-refractivity contribution in [1.29, 1.82) is 0 Å². The maximum Gasteiger partial charge on any atom is 0.224 e. The van der Waals surface area contributed by atoms with E-state index in [0.717, 1.165) is 78.1 Å². The molecule has 2 saturated heterocycles. The summed E-state index contributed by atoms with van der Waals surface area (Å²) in [5.74, 6) is 0.618. The van der Waals surface area contributed by atoms with Crippen molar-refractivity contribution >= 4 is 33.3 Å². The van der Waals surface area contributed by atoms with Crippen LogP contribution in [-0.2, 0) is 14.2 Å². The topological polar surface area (TPSA) is 114 Å². The highest BCUT2D eigenvalue weighted by molar-refractivity contribution is 7.21. The Bertz CT molecular complexity index is 1250. The van der Waals surface area contributed by atoms with E-state index in [1.165, 1.54) is 0 Å². The Labute approximate surface area is 226 Å². The van der Waals surface area contributed by atoms with Crippen LogP contribution in [0.25, 0.3) is 20.8 Å². The van der Waals surface area contributed by atoms with Crippen molar-refractivity contribution < 1.29 is 19.3 Å². The summed E-state index contributed by atoms with van der Waals surface area (Å²) in [6.45, 7) is 11.0. The van der Waals surface area contributed by atoms with E-state index in [-0.39, 0.29) is 30.8 Å². The SMILES string of the molecule is Cc1nc(NCCN2CCOCC2)nc(NC2C[C@H](CO)[C@H]3OC(C)(C)O[C@@H]23)c1-c1nc2ccccc2s1.